The van der Waals surface area contributed by atoms with Crippen molar-refractivity contribution in [2.45, 2.75) is 83.2 Å². The molecule has 4 rings (SSSR count). The van der Waals surface area contributed by atoms with Crippen molar-refractivity contribution in [3.05, 3.63) is 29.3 Å². The van der Waals surface area contributed by atoms with E-state index in [1.54, 1.807) is 4.90 Å². The minimum atomic E-state index is -4.88. The molecule has 2 fully saturated rings. The fourth-order valence-electron chi connectivity index (χ4n) is 5.91. The molecule has 8 nitrogen and oxygen atoms in total. The summed E-state index contributed by atoms with van der Waals surface area (Å²) in [5.41, 5.74) is 2.02. The maximum Gasteiger partial charge on any atom is 0.471 e. The fraction of sp³-hybridized carbons (Fsp3) is 0.679. The van der Waals surface area contributed by atoms with Crippen LogP contribution >= 0.6 is 0 Å². The molecule has 216 valence electrons. The van der Waals surface area contributed by atoms with Crippen LogP contribution in [0.15, 0.2) is 18.2 Å². The highest BCUT2D eigenvalue weighted by atomic mass is 19.4. The molecule has 11 heteroatoms. The van der Waals surface area contributed by atoms with Crippen LogP contribution in [0.1, 0.15) is 57.6 Å². The standard InChI is InChI=1S/C28H39F3N4O4/c1-27(2,3)39-24(36)18-32(4)21-7-9-22(10-8-21)34-15-16-35(26(34)38)23-6-5-19-11-13-33(14-12-20(19)17-23)25(37)28(29,30)31/h5-6,17,21-22H,7-16,18H2,1-4H3/t21-,22-. The lowest BCUT2D eigenvalue weighted by Gasteiger charge is -2.38. The van der Waals surface area contributed by atoms with Crippen LogP contribution in [0, 0.1) is 0 Å². The van der Waals surface area contributed by atoms with Gasteiger partial charge in [0.1, 0.15) is 5.60 Å². The smallest absolute Gasteiger partial charge is 0.459 e. The van der Waals surface area contributed by atoms with Crippen LogP contribution in [-0.4, -0.2) is 96.2 Å². The molecule has 1 aliphatic carbocycles. The number of hydrogen-bond donors (Lipinski definition) is 0. The first-order chi connectivity index (χ1) is 18.2. The molecule has 0 spiro atoms. The lowest BCUT2D eigenvalue weighted by atomic mass is 9.89. The zero-order valence-electron chi connectivity index (χ0n) is 23.2. The highest BCUT2D eigenvalue weighted by Crippen LogP contribution is 2.32. The minimum Gasteiger partial charge on any atom is -0.459 e. The Bertz CT molecular complexity index is 1080. The molecule has 3 amide bonds. The van der Waals surface area contributed by atoms with Crippen molar-refractivity contribution < 1.29 is 32.3 Å². The van der Waals surface area contributed by atoms with Gasteiger partial charge in [0.15, 0.2) is 0 Å². The number of alkyl halides is 3. The second kappa shape index (κ2) is 11.3. The van der Waals surface area contributed by atoms with Crippen molar-refractivity contribution in [3.63, 3.8) is 0 Å². The summed E-state index contributed by atoms with van der Waals surface area (Å²) in [5, 5.41) is 0. The number of carbonyl (C=O) groups excluding carboxylic acids is 3. The first-order valence-corrected chi connectivity index (χ1v) is 13.7. The zero-order chi connectivity index (χ0) is 28.5. The maximum atomic E-state index is 13.4. The first kappa shape index (κ1) is 29.2. The first-order valence-electron chi connectivity index (χ1n) is 13.7. The van der Waals surface area contributed by atoms with Gasteiger partial charge in [-0.3, -0.25) is 19.4 Å². The van der Waals surface area contributed by atoms with Crippen molar-refractivity contribution in [3.8, 4) is 0 Å². The Kier molecular flexibility index (Phi) is 8.49. The molecule has 0 bridgehead atoms. The predicted octanol–water partition coefficient (Wildman–Crippen LogP) is 4.00. The van der Waals surface area contributed by atoms with Gasteiger partial charge in [0, 0.05) is 44.0 Å². The number of likely N-dealkylation sites (N-methyl/N-ethyl adjacent to an activating group) is 1. The Morgan fingerprint density at radius 2 is 1.62 bits per heavy atom. The Morgan fingerprint density at radius 1 is 0.974 bits per heavy atom. The number of benzene rings is 1. The van der Waals surface area contributed by atoms with E-state index in [-0.39, 0.29) is 43.7 Å². The summed E-state index contributed by atoms with van der Waals surface area (Å²) in [6, 6.07) is 5.95. The van der Waals surface area contributed by atoms with Crippen LogP contribution in [0.25, 0.3) is 0 Å². The number of halogens is 3. The van der Waals surface area contributed by atoms with E-state index in [0.29, 0.717) is 25.9 Å². The fourth-order valence-corrected chi connectivity index (χ4v) is 5.91. The average Bonchev–Trinajstić information content (AvgIpc) is 3.10. The van der Waals surface area contributed by atoms with Crippen molar-refractivity contribution in [1.29, 1.82) is 0 Å². The zero-order valence-corrected chi connectivity index (χ0v) is 23.2. The second-order valence-corrected chi connectivity index (χ2v) is 11.8. The normalized spacial score (nSPS) is 22.7. The summed E-state index contributed by atoms with van der Waals surface area (Å²) >= 11 is 0. The molecule has 1 aromatic carbocycles. The topological polar surface area (TPSA) is 73.4 Å². The number of fused-ring (bicyclic) bond motifs is 1. The van der Waals surface area contributed by atoms with Gasteiger partial charge in [-0.15, -0.1) is 0 Å². The van der Waals surface area contributed by atoms with Gasteiger partial charge in [-0.1, -0.05) is 6.07 Å². The van der Waals surface area contributed by atoms with Crippen LogP contribution in [0.5, 0.6) is 0 Å². The number of esters is 1. The maximum absolute atomic E-state index is 13.4. The summed E-state index contributed by atoms with van der Waals surface area (Å²) in [5.74, 6) is -2.04. The van der Waals surface area contributed by atoms with Crippen molar-refractivity contribution in [2.75, 3.05) is 44.7 Å². The largest absolute Gasteiger partial charge is 0.471 e. The van der Waals surface area contributed by atoms with Gasteiger partial charge in [-0.05, 0) is 89.6 Å². The summed E-state index contributed by atoms with van der Waals surface area (Å²) in [6.45, 7) is 6.99. The summed E-state index contributed by atoms with van der Waals surface area (Å²) in [6.07, 6.45) is -0.716. The molecule has 2 aliphatic heterocycles. The summed E-state index contributed by atoms with van der Waals surface area (Å²) in [7, 11) is 1.94. The van der Waals surface area contributed by atoms with E-state index in [4.69, 9.17) is 4.74 Å². The number of amides is 3. The molecule has 1 saturated carbocycles. The molecule has 0 unspecified atom stereocenters. The molecule has 0 N–H and O–H groups in total. The molecule has 0 aromatic heterocycles. The number of ether oxygens (including phenoxy) is 1. The average molecular weight is 553 g/mol. The summed E-state index contributed by atoms with van der Waals surface area (Å²) < 4.78 is 44.1. The number of rotatable bonds is 5. The van der Waals surface area contributed by atoms with Crippen LogP contribution < -0.4 is 4.90 Å². The highest BCUT2D eigenvalue weighted by molar-refractivity contribution is 5.94. The number of carbonyl (C=O) groups is 3. The van der Waals surface area contributed by atoms with Crippen LogP contribution in [0.3, 0.4) is 0 Å². The third kappa shape index (κ3) is 7.04. The van der Waals surface area contributed by atoms with Gasteiger partial charge in [0.2, 0.25) is 0 Å². The van der Waals surface area contributed by atoms with Gasteiger partial charge in [-0.25, -0.2) is 4.79 Å². The van der Waals surface area contributed by atoms with E-state index in [1.165, 1.54) is 0 Å². The van der Waals surface area contributed by atoms with Gasteiger partial charge in [0.25, 0.3) is 0 Å². The number of urea groups is 1. The quantitative estimate of drug-likeness (QED) is 0.517. The Labute approximate surface area is 228 Å². The molecular weight excluding hydrogens is 513 g/mol. The number of anilines is 1. The lowest BCUT2D eigenvalue weighted by molar-refractivity contribution is -0.185. The highest BCUT2D eigenvalue weighted by Gasteiger charge is 2.43. The molecular formula is C28H39F3N4O4. The van der Waals surface area contributed by atoms with E-state index < -0.39 is 17.7 Å². The Morgan fingerprint density at radius 3 is 2.23 bits per heavy atom. The second-order valence-electron chi connectivity index (χ2n) is 11.8. The molecule has 1 saturated heterocycles. The molecule has 0 radical (unpaired) electrons. The number of hydrogen-bond acceptors (Lipinski definition) is 5. The van der Waals surface area contributed by atoms with Gasteiger partial charge in [0.05, 0.1) is 6.54 Å². The number of nitrogens with zero attached hydrogens (tertiary/aromatic N) is 4. The Balaban J connectivity index is 1.32. The third-order valence-corrected chi connectivity index (χ3v) is 7.90. The van der Waals surface area contributed by atoms with Gasteiger partial charge in [-0.2, -0.15) is 13.2 Å². The molecule has 2 heterocycles. The van der Waals surface area contributed by atoms with E-state index >= 15 is 0 Å². The van der Waals surface area contributed by atoms with Gasteiger partial charge >= 0.3 is 24.1 Å². The van der Waals surface area contributed by atoms with Crippen LogP contribution in [0.4, 0.5) is 23.7 Å². The predicted molar refractivity (Wildman–Crippen MR) is 140 cm³/mol. The molecule has 39 heavy (non-hydrogen) atoms. The van der Waals surface area contributed by atoms with E-state index in [1.807, 2.05) is 55.8 Å². The van der Waals surface area contributed by atoms with Crippen molar-refractivity contribution in [2.24, 2.45) is 0 Å². The van der Waals surface area contributed by atoms with E-state index in [2.05, 4.69) is 0 Å². The Hall–Kier alpha value is -2.82. The van der Waals surface area contributed by atoms with Crippen molar-refractivity contribution in [1.82, 2.24) is 14.7 Å². The van der Waals surface area contributed by atoms with Crippen LogP contribution in [-0.2, 0) is 27.2 Å². The van der Waals surface area contributed by atoms with E-state index in [9.17, 15) is 27.6 Å². The monoisotopic (exact) mass is 552 g/mol. The molecule has 0 atom stereocenters. The summed E-state index contributed by atoms with van der Waals surface area (Å²) in [4.78, 5) is 43.9. The molecule has 3 aliphatic rings. The SMILES string of the molecule is CN(CC(=O)OC(C)(C)C)[C@H]1CC[C@H](N2CCN(c3ccc4c(c3)CCN(C(=O)C(F)(F)F)CC4)C2=O)CC1. The lowest BCUT2D eigenvalue weighted by Crippen LogP contribution is -2.46. The van der Waals surface area contributed by atoms with Crippen LogP contribution in [0.2, 0.25) is 0 Å². The van der Waals surface area contributed by atoms with Crippen molar-refractivity contribution >= 4 is 23.6 Å². The van der Waals surface area contributed by atoms with E-state index in [0.717, 1.165) is 47.4 Å². The minimum absolute atomic E-state index is 0.000479. The molecule has 1 aromatic rings. The third-order valence-electron chi connectivity index (χ3n) is 7.90. The van der Waals surface area contributed by atoms with Gasteiger partial charge < -0.3 is 14.5 Å².